The van der Waals surface area contributed by atoms with Gasteiger partial charge in [0.1, 0.15) is 5.75 Å². The molecule has 0 spiro atoms. The van der Waals surface area contributed by atoms with Crippen LogP contribution in [0.15, 0.2) is 48.5 Å². The Morgan fingerprint density at radius 2 is 1.86 bits per heavy atom. The molecule has 0 saturated heterocycles. The van der Waals surface area contributed by atoms with Gasteiger partial charge in [0.05, 0.1) is 13.2 Å². The number of ether oxygens (including phenoxy) is 1. The molecule has 3 nitrogen and oxygen atoms in total. The normalized spacial score (nSPS) is 13.7. The molecule has 112 valence electrons. The van der Waals surface area contributed by atoms with Gasteiger partial charge >= 0.3 is 0 Å². The number of methoxy groups -OCH3 is 1. The van der Waals surface area contributed by atoms with Gasteiger partial charge in [-0.15, -0.1) is 0 Å². The zero-order valence-electron chi connectivity index (χ0n) is 12.2. The van der Waals surface area contributed by atoms with Crippen molar-refractivity contribution in [1.82, 2.24) is 5.32 Å². The van der Waals surface area contributed by atoms with E-state index in [2.05, 4.69) is 12.2 Å². The van der Waals surface area contributed by atoms with Crippen LogP contribution >= 0.6 is 11.6 Å². The molecule has 0 aliphatic heterocycles. The van der Waals surface area contributed by atoms with Gasteiger partial charge in [0.15, 0.2) is 0 Å². The second-order valence-corrected chi connectivity index (χ2v) is 5.41. The predicted octanol–water partition coefficient (Wildman–Crippen LogP) is 3.73. The largest absolute Gasteiger partial charge is 0.497 e. The summed E-state index contributed by atoms with van der Waals surface area (Å²) in [5.41, 5.74) is 1.97. The number of hydrogen-bond donors (Lipinski definition) is 2. The lowest BCUT2D eigenvalue weighted by Crippen LogP contribution is -2.24. The standard InChI is InChI=1S/C17H20ClNO2/c1-12(14-4-3-5-16(10-14)21-2)19-11-17(20)13-6-8-15(18)9-7-13/h3-10,12,17,19-20H,11H2,1-2H3/t12-,17?/m0/s1. The number of aliphatic hydroxyl groups excluding tert-OH is 1. The van der Waals surface area contributed by atoms with E-state index in [1.165, 1.54) is 0 Å². The molecule has 2 atom stereocenters. The highest BCUT2D eigenvalue weighted by Gasteiger charge is 2.11. The average Bonchev–Trinajstić information content (AvgIpc) is 2.53. The summed E-state index contributed by atoms with van der Waals surface area (Å²) in [4.78, 5) is 0. The van der Waals surface area contributed by atoms with E-state index in [-0.39, 0.29) is 6.04 Å². The van der Waals surface area contributed by atoms with Crippen molar-refractivity contribution in [3.05, 3.63) is 64.7 Å². The molecular formula is C17H20ClNO2. The van der Waals surface area contributed by atoms with Crippen molar-refractivity contribution in [2.45, 2.75) is 19.1 Å². The number of rotatable bonds is 6. The Balaban J connectivity index is 1.93. The maximum atomic E-state index is 10.2. The maximum Gasteiger partial charge on any atom is 0.119 e. The molecule has 0 aliphatic rings. The first-order valence-electron chi connectivity index (χ1n) is 6.91. The average molecular weight is 306 g/mol. The molecule has 2 rings (SSSR count). The van der Waals surface area contributed by atoms with Crippen molar-refractivity contribution in [2.75, 3.05) is 13.7 Å². The smallest absolute Gasteiger partial charge is 0.119 e. The Kier molecular flexibility index (Phi) is 5.62. The first-order chi connectivity index (χ1) is 10.1. The Labute approximate surface area is 130 Å². The molecule has 2 aromatic rings. The molecule has 0 bridgehead atoms. The van der Waals surface area contributed by atoms with Crippen LogP contribution < -0.4 is 10.1 Å². The number of hydrogen-bond acceptors (Lipinski definition) is 3. The number of nitrogens with one attached hydrogen (secondary N) is 1. The molecule has 0 saturated carbocycles. The van der Waals surface area contributed by atoms with E-state index >= 15 is 0 Å². The fourth-order valence-corrected chi connectivity index (χ4v) is 2.25. The van der Waals surface area contributed by atoms with Crippen LogP contribution in [0.1, 0.15) is 30.2 Å². The van der Waals surface area contributed by atoms with Crippen LogP contribution in [0.2, 0.25) is 5.02 Å². The number of aliphatic hydroxyl groups is 1. The van der Waals surface area contributed by atoms with Crippen molar-refractivity contribution in [1.29, 1.82) is 0 Å². The summed E-state index contributed by atoms with van der Waals surface area (Å²) in [5, 5.41) is 14.2. The summed E-state index contributed by atoms with van der Waals surface area (Å²) in [6.07, 6.45) is -0.560. The van der Waals surface area contributed by atoms with E-state index in [0.717, 1.165) is 16.9 Å². The van der Waals surface area contributed by atoms with Crippen LogP contribution in [0.25, 0.3) is 0 Å². The monoisotopic (exact) mass is 305 g/mol. The first-order valence-corrected chi connectivity index (χ1v) is 7.29. The minimum atomic E-state index is -0.560. The van der Waals surface area contributed by atoms with E-state index in [9.17, 15) is 5.11 Å². The van der Waals surface area contributed by atoms with Gasteiger partial charge < -0.3 is 15.2 Å². The van der Waals surface area contributed by atoms with E-state index in [1.807, 2.05) is 36.4 Å². The van der Waals surface area contributed by atoms with Gasteiger partial charge in [0.2, 0.25) is 0 Å². The minimum Gasteiger partial charge on any atom is -0.497 e. The molecular weight excluding hydrogens is 286 g/mol. The summed E-state index contributed by atoms with van der Waals surface area (Å²) in [7, 11) is 1.65. The van der Waals surface area contributed by atoms with Gasteiger partial charge in [-0.2, -0.15) is 0 Å². The molecule has 1 unspecified atom stereocenters. The lowest BCUT2D eigenvalue weighted by molar-refractivity contribution is 0.171. The molecule has 21 heavy (non-hydrogen) atoms. The highest BCUT2D eigenvalue weighted by atomic mass is 35.5. The Hall–Kier alpha value is -1.55. The SMILES string of the molecule is COc1cccc([C@H](C)NCC(O)c2ccc(Cl)cc2)c1. The second kappa shape index (κ2) is 7.46. The van der Waals surface area contributed by atoms with E-state index in [4.69, 9.17) is 16.3 Å². The van der Waals surface area contributed by atoms with Gasteiger partial charge in [-0.05, 0) is 42.3 Å². The van der Waals surface area contributed by atoms with Crippen LogP contribution in [0.4, 0.5) is 0 Å². The number of halogens is 1. The molecule has 2 N–H and O–H groups in total. The third kappa shape index (κ3) is 4.46. The first kappa shape index (κ1) is 15.8. The van der Waals surface area contributed by atoms with Crippen molar-refractivity contribution in [3.63, 3.8) is 0 Å². The Morgan fingerprint density at radius 1 is 1.14 bits per heavy atom. The van der Waals surface area contributed by atoms with Crippen molar-refractivity contribution in [2.24, 2.45) is 0 Å². The quantitative estimate of drug-likeness (QED) is 0.854. The summed E-state index contributed by atoms with van der Waals surface area (Å²) >= 11 is 5.84. The van der Waals surface area contributed by atoms with E-state index < -0.39 is 6.10 Å². The van der Waals surface area contributed by atoms with Gasteiger partial charge in [-0.3, -0.25) is 0 Å². The fraction of sp³-hybridized carbons (Fsp3) is 0.294. The van der Waals surface area contributed by atoms with Crippen LogP contribution in [0, 0.1) is 0 Å². The zero-order chi connectivity index (χ0) is 15.2. The Bertz CT molecular complexity index is 571. The van der Waals surface area contributed by atoms with Crippen molar-refractivity contribution in [3.8, 4) is 5.75 Å². The molecule has 0 radical (unpaired) electrons. The van der Waals surface area contributed by atoms with Gasteiger partial charge in [-0.25, -0.2) is 0 Å². The summed E-state index contributed by atoms with van der Waals surface area (Å²) in [5.74, 6) is 0.833. The maximum absolute atomic E-state index is 10.2. The molecule has 0 fully saturated rings. The van der Waals surface area contributed by atoms with Crippen LogP contribution in [0.3, 0.4) is 0 Å². The van der Waals surface area contributed by atoms with Crippen LogP contribution in [-0.2, 0) is 0 Å². The lowest BCUT2D eigenvalue weighted by atomic mass is 10.1. The minimum absolute atomic E-state index is 0.127. The van der Waals surface area contributed by atoms with Crippen LogP contribution in [0.5, 0.6) is 5.75 Å². The molecule has 0 amide bonds. The highest BCUT2D eigenvalue weighted by molar-refractivity contribution is 6.30. The second-order valence-electron chi connectivity index (χ2n) is 4.97. The van der Waals surface area contributed by atoms with Crippen LogP contribution in [-0.4, -0.2) is 18.8 Å². The van der Waals surface area contributed by atoms with Crippen molar-refractivity contribution < 1.29 is 9.84 Å². The predicted molar refractivity (Wildman–Crippen MR) is 85.8 cm³/mol. The van der Waals surface area contributed by atoms with Gasteiger partial charge in [0, 0.05) is 17.6 Å². The third-order valence-corrected chi connectivity index (χ3v) is 3.72. The lowest BCUT2D eigenvalue weighted by Gasteiger charge is -2.18. The molecule has 0 heterocycles. The molecule has 2 aromatic carbocycles. The van der Waals surface area contributed by atoms with E-state index in [0.29, 0.717) is 11.6 Å². The fourth-order valence-electron chi connectivity index (χ4n) is 2.12. The zero-order valence-corrected chi connectivity index (χ0v) is 13.0. The van der Waals surface area contributed by atoms with Gasteiger partial charge in [0.25, 0.3) is 0 Å². The van der Waals surface area contributed by atoms with Crippen molar-refractivity contribution >= 4 is 11.6 Å². The topological polar surface area (TPSA) is 41.5 Å². The van der Waals surface area contributed by atoms with Gasteiger partial charge in [-0.1, -0.05) is 35.9 Å². The molecule has 4 heteroatoms. The van der Waals surface area contributed by atoms with E-state index in [1.54, 1.807) is 19.2 Å². The highest BCUT2D eigenvalue weighted by Crippen LogP contribution is 2.20. The third-order valence-electron chi connectivity index (χ3n) is 3.47. The summed E-state index contributed by atoms with van der Waals surface area (Å²) < 4.78 is 5.22. The summed E-state index contributed by atoms with van der Waals surface area (Å²) in [6, 6.07) is 15.3. The summed E-state index contributed by atoms with van der Waals surface area (Å²) in [6.45, 7) is 2.53. The molecule has 0 aromatic heterocycles. The molecule has 0 aliphatic carbocycles. The number of benzene rings is 2. The Morgan fingerprint density at radius 3 is 2.52 bits per heavy atom.